The van der Waals surface area contributed by atoms with Gasteiger partial charge in [-0.25, -0.2) is 4.39 Å². The van der Waals surface area contributed by atoms with Crippen LogP contribution in [0.1, 0.15) is 25.8 Å². The Bertz CT molecular complexity index is 463. The highest BCUT2D eigenvalue weighted by Gasteiger charge is 2.01. The minimum Gasteiger partial charge on any atom is -0.330 e. The first-order valence-corrected chi connectivity index (χ1v) is 5.46. The number of carbonyl (C=O) groups excluding carboxylic acids is 1. The fourth-order valence-electron chi connectivity index (χ4n) is 1.43. The van der Waals surface area contributed by atoms with Crippen molar-refractivity contribution < 1.29 is 9.18 Å². The molecule has 0 unspecified atom stereocenters. The van der Waals surface area contributed by atoms with Crippen LogP contribution in [-0.2, 0) is 4.79 Å². The van der Waals surface area contributed by atoms with Gasteiger partial charge in [0, 0.05) is 12.6 Å². The predicted octanol–water partition coefficient (Wildman–Crippen LogP) is 3.27. The number of hydrogen-bond donors (Lipinski definition) is 1. The van der Waals surface area contributed by atoms with Crippen molar-refractivity contribution in [2.75, 3.05) is 0 Å². The fourth-order valence-corrected chi connectivity index (χ4v) is 1.43. The van der Waals surface area contributed by atoms with Gasteiger partial charge in [0.05, 0.1) is 0 Å². The molecule has 1 amide bonds. The van der Waals surface area contributed by atoms with E-state index in [1.807, 2.05) is 6.92 Å². The van der Waals surface area contributed by atoms with Crippen LogP contribution in [-0.4, -0.2) is 5.91 Å². The standard InChI is InChI=1S/C14H16FNO/c1-4-14(16-11(3)17)8-10(2)12-6-5-7-13(15)9-12/h5-9H,2,4H2,1,3H3,(H,16,17)/b14-8+. The maximum atomic E-state index is 13.0. The van der Waals surface area contributed by atoms with E-state index in [1.165, 1.54) is 19.1 Å². The first kappa shape index (κ1) is 13.2. The summed E-state index contributed by atoms with van der Waals surface area (Å²) in [6.45, 7) is 7.25. The molecule has 0 saturated heterocycles. The topological polar surface area (TPSA) is 29.1 Å². The van der Waals surface area contributed by atoms with Gasteiger partial charge in [0.15, 0.2) is 0 Å². The van der Waals surface area contributed by atoms with E-state index in [1.54, 1.807) is 18.2 Å². The maximum absolute atomic E-state index is 13.0. The fraction of sp³-hybridized carbons (Fsp3) is 0.214. The number of carbonyl (C=O) groups is 1. The van der Waals surface area contributed by atoms with Crippen LogP contribution in [0, 0.1) is 5.82 Å². The second-order valence-corrected chi connectivity index (χ2v) is 3.74. The van der Waals surface area contributed by atoms with Gasteiger partial charge < -0.3 is 5.32 Å². The van der Waals surface area contributed by atoms with Crippen molar-refractivity contribution in [1.82, 2.24) is 5.32 Å². The Kier molecular flexibility index (Phi) is 4.64. The van der Waals surface area contributed by atoms with Gasteiger partial charge in [0.25, 0.3) is 0 Å². The molecule has 0 radical (unpaired) electrons. The number of halogens is 1. The second kappa shape index (κ2) is 5.99. The van der Waals surface area contributed by atoms with E-state index >= 15 is 0 Å². The molecule has 0 fully saturated rings. The molecule has 0 atom stereocenters. The van der Waals surface area contributed by atoms with Gasteiger partial charge >= 0.3 is 0 Å². The zero-order valence-electron chi connectivity index (χ0n) is 10.1. The average Bonchev–Trinajstić information content (AvgIpc) is 2.27. The maximum Gasteiger partial charge on any atom is 0.220 e. The molecular weight excluding hydrogens is 217 g/mol. The number of rotatable bonds is 4. The van der Waals surface area contributed by atoms with Crippen molar-refractivity contribution in [3.63, 3.8) is 0 Å². The highest BCUT2D eigenvalue weighted by Crippen LogP contribution is 2.16. The molecule has 2 nitrogen and oxygen atoms in total. The second-order valence-electron chi connectivity index (χ2n) is 3.74. The van der Waals surface area contributed by atoms with Gasteiger partial charge in [0.1, 0.15) is 5.82 Å². The Morgan fingerprint density at radius 1 is 1.53 bits per heavy atom. The number of hydrogen-bond acceptors (Lipinski definition) is 1. The lowest BCUT2D eigenvalue weighted by Crippen LogP contribution is -2.18. The van der Waals surface area contributed by atoms with E-state index in [0.717, 1.165) is 5.70 Å². The molecule has 0 aliphatic carbocycles. The van der Waals surface area contributed by atoms with Crippen molar-refractivity contribution >= 4 is 11.5 Å². The number of allylic oxidation sites excluding steroid dienone is 3. The molecule has 0 aliphatic rings. The van der Waals surface area contributed by atoms with E-state index < -0.39 is 0 Å². The number of benzene rings is 1. The summed E-state index contributed by atoms with van der Waals surface area (Å²) in [7, 11) is 0. The van der Waals surface area contributed by atoms with Crippen molar-refractivity contribution in [1.29, 1.82) is 0 Å². The van der Waals surface area contributed by atoms with E-state index in [4.69, 9.17) is 0 Å². The molecule has 0 saturated carbocycles. The van der Waals surface area contributed by atoms with Gasteiger partial charge in [0.2, 0.25) is 5.91 Å². The van der Waals surface area contributed by atoms with Crippen LogP contribution < -0.4 is 5.32 Å². The summed E-state index contributed by atoms with van der Waals surface area (Å²) in [5.41, 5.74) is 2.16. The van der Waals surface area contributed by atoms with E-state index in [0.29, 0.717) is 17.6 Å². The van der Waals surface area contributed by atoms with Crippen LogP contribution >= 0.6 is 0 Å². The molecule has 1 aromatic rings. The average molecular weight is 233 g/mol. The molecule has 0 aliphatic heterocycles. The summed E-state index contributed by atoms with van der Waals surface area (Å²) >= 11 is 0. The Morgan fingerprint density at radius 2 is 2.24 bits per heavy atom. The monoisotopic (exact) mass is 233 g/mol. The predicted molar refractivity (Wildman–Crippen MR) is 67.6 cm³/mol. The van der Waals surface area contributed by atoms with Crippen LogP contribution in [0.15, 0.2) is 42.6 Å². The lowest BCUT2D eigenvalue weighted by atomic mass is 10.1. The minimum atomic E-state index is -0.297. The van der Waals surface area contributed by atoms with Crippen LogP contribution in [0.3, 0.4) is 0 Å². The van der Waals surface area contributed by atoms with Crippen LogP contribution in [0.4, 0.5) is 4.39 Å². The first-order chi connectivity index (χ1) is 8.02. The Labute approximate surface area is 101 Å². The lowest BCUT2D eigenvalue weighted by molar-refractivity contribution is -0.118. The highest BCUT2D eigenvalue weighted by atomic mass is 19.1. The van der Waals surface area contributed by atoms with E-state index in [2.05, 4.69) is 11.9 Å². The number of amides is 1. The summed E-state index contributed by atoms with van der Waals surface area (Å²) in [5, 5.41) is 2.71. The molecular formula is C14H16FNO. The molecule has 0 heterocycles. The largest absolute Gasteiger partial charge is 0.330 e. The zero-order valence-corrected chi connectivity index (χ0v) is 10.1. The summed E-state index contributed by atoms with van der Waals surface area (Å²) < 4.78 is 13.0. The van der Waals surface area contributed by atoms with Crippen molar-refractivity contribution in [2.24, 2.45) is 0 Å². The van der Waals surface area contributed by atoms with Crippen molar-refractivity contribution in [3.8, 4) is 0 Å². The van der Waals surface area contributed by atoms with Gasteiger partial charge in [-0.2, -0.15) is 0 Å². The Morgan fingerprint density at radius 3 is 2.76 bits per heavy atom. The molecule has 0 bridgehead atoms. The van der Waals surface area contributed by atoms with Crippen LogP contribution in [0.25, 0.3) is 5.57 Å². The van der Waals surface area contributed by atoms with E-state index in [9.17, 15) is 9.18 Å². The van der Waals surface area contributed by atoms with Crippen molar-refractivity contribution in [2.45, 2.75) is 20.3 Å². The normalized spacial score (nSPS) is 11.1. The quantitative estimate of drug-likeness (QED) is 0.794. The third-order valence-electron chi connectivity index (χ3n) is 2.26. The molecule has 1 aromatic carbocycles. The van der Waals surface area contributed by atoms with Gasteiger partial charge in [-0.05, 0) is 35.8 Å². The molecule has 90 valence electrons. The van der Waals surface area contributed by atoms with Crippen LogP contribution in [0.5, 0.6) is 0 Å². The van der Waals surface area contributed by atoms with Gasteiger partial charge in [-0.15, -0.1) is 0 Å². The Balaban J connectivity index is 2.89. The molecule has 17 heavy (non-hydrogen) atoms. The summed E-state index contributed by atoms with van der Waals surface area (Å²) in [6.07, 6.45) is 2.45. The zero-order chi connectivity index (χ0) is 12.8. The molecule has 3 heteroatoms. The van der Waals surface area contributed by atoms with Gasteiger partial charge in [-0.3, -0.25) is 4.79 Å². The molecule has 1 N–H and O–H groups in total. The molecule has 0 spiro atoms. The smallest absolute Gasteiger partial charge is 0.220 e. The SMILES string of the molecule is C=C(/C=C(\CC)NC(C)=O)c1cccc(F)c1. The van der Waals surface area contributed by atoms with Crippen LogP contribution in [0.2, 0.25) is 0 Å². The molecule has 1 rings (SSSR count). The molecule has 0 aromatic heterocycles. The third kappa shape index (κ3) is 4.23. The third-order valence-corrected chi connectivity index (χ3v) is 2.26. The van der Waals surface area contributed by atoms with Crippen molar-refractivity contribution in [3.05, 3.63) is 54.0 Å². The van der Waals surface area contributed by atoms with E-state index in [-0.39, 0.29) is 11.7 Å². The number of nitrogens with one attached hydrogen (secondary N) is 1. The first-order valence-electron chi connectivity index (χ1n) is 5.46. The summed E-state index contributed by atoms with van der Waals surface area (Å²) in [4.78, 5) is 10.9. The Hall–Kier alpha value is -1.90. The highest BCUT2D eigenvalue weighted by molar-refractivity contribution is 5.77. The summed E-state index contributed by atoms with van der Waals surface area (Å²) in [5.74, 6) is -0.417. The summed E-state index contributed by atoms with van der Waals surface area (Å²) in [6, 6.07) is 6.21. The van der Waals surface area contributed by atoms with Gasteiger partial charge in [-0.1, -0.05) is 25.6 Å². The lowest BCUT2D eigenvalue weighted by Gasteiger charge is -2.07. The minimum absolute atomic E-state index is 0.120.